The van der Waals surface area contributed by atoms with Gasteiger partial charge in [0, 0.05) is 10.4 Å². The van der Waals surface area contributed by atoms with Gasteiger partial charge in [-0.2, -0.15) is 0 Å². The highest BCUT2D eigenvalue weighted by Gasteiger charge is 2.26. The predicted octanol–water partition coefficient (Wildman–Crippen LogP) is 4.75. The van der Waals surface area contributed by atoms with Crippen LogP contribution in [0.5, 0.6) is 0 Å². The Balaban J connectivity index is 1.96. The van der Waals surface area contributed by atoms with Crippen molar-refractivity contribution < 1.29 is 14.3 Å². The van der Waals surface area contributed by atoms with Crippen LogP contribution < -0.4 is 5.32 Å². The minimum atomic E-state index is -0.331. The lowest BCUT2D eigenvalue weighted by molar-refractivity contribution is 0.0527. The molecule has 1 aliphatic carbocycles. The van der Waals surface area contributed by atoms with E-state index >= 15 is 0 Å². The van der Waals surface area contributed by atoms with Crippen molar-refractivity contribution in [1.29, 1.82) is 0 Å². The van der Waals surface area contributed by atoms with Gasteiger partial charge in [0.05, 0.1) is 12.2 Å². The fourth-order valence-electron chi connectivity index (χ4n) is 3.25. The van der Waals surface area contributed by atoms with Crippen LogP contribution in [0.15, 0.2) is 24.3 Å². The third-order valence-electron chi connectivity index (χ3n) is 4.52. The third kappa shape index (κ3) is 3.76. The first kappa shape index (κ1) is 17.7. The molecule has 1 aromatic carbocycles. The smallest absolute Gasteiger partial charge is 0.341 e. The molecule has 3 rings (SSSR count). The van der Waals surface area contributed by atoms with E-state index < -0.39 is 0 Å². The van der Waals surface area contributed by atoms with Crippen LogP contribution in [0.25, 0.3) is 0 Å². The maximum Gasteiger partial charge on any atom is 0.341 e. The van der Waals surface area contributed by atoms with Crippen molar-refractivity contribution >= 4 is 28.2 Å². The van der Waals surface area contributed by atoms with Crippen LogP contribution in [-0.4, -0.2) is 18.5 Å². The Morgan fingerprint density at radius 1 is 1.16 bits per heavy atom. The number of anilines is 1. The highest BCUT2D eigenvalue weighted by molar-refractivity contribution is 7.17. The van der Waals surface area contributed by atoms with Gasteiger partial charge in [-0.25, -0.2) is 4.79 Å². The Bertz CT molecular complexity index is 794. The predicted molar refractivity (Wildman–Crippen MR) is 101 cm³/mol. The van der Waals surface area contributed by atoms with Crippen LogP contribution in [0.3, 0.4) is 0 Å². The molecule has 4 nitrogen and oxygen atoms in total. The fourth-order valence-corrected chi connectivity index (χ4v) is 4.52. The van der Waals surface area contributed by atoms with E-state index in [2.05, 4.69) is 5.32 Å². The molecule has 25 heavy (non-hydrogen) atoms. The topological polar surface area (TPSA) is 55.4 Å². The molecule has 5 heteroatoms. The Morgan fingerprint density at radius 3 is 2.68 bits per heavy atom. The summed E-state index contributed by atoms with van der Waals surface area (Å²) in [6, 6.07) is 7.46. The zero-order chi connectivity index (χ0) is 17.8. The maximum atomic E-state index is 12.7. The number of amides is 1. The molecule has 0 radical (unpaired) electrons. The molecule has 0 spiro atoms. The number of nitrogens with one attached hydrogen (secondary N) is 1. The van der Waals surface area contributed by atoms with Gasteiger partial charge in [-0.1, -0.05) is 24.6 Å². The number of thiophene rings is 1. The van der Waals surface area contributed by atoms with E-state index in [9.17, 15) is 9.59 Å². The number of fused-ring (bicyclic) bond motifs is 1. The summed E-state index contributed by atoms with van der Waals surface area (Å²) < 4.78 is 5.26. The Morgan fingerprint density at radius 2 is 1.92 bits per heavy atom. The summed E-state index contributed by atoms with van der Waals surface area (Å²) in [6.07, 6.45) is 5.21. The number of carbonyl (C=O) groups is 2. The summed E-state index contributed by atoms with van der Waals surface area (Å²) >= 11 is 1.53. The molecule has 1 N–H and O–H groups in total. The highest BCUT2D eigenvalue weighted by Crippen LogP contribution is 2.38. The lowest BCUT2D eigenvalue weighted by Gasteiger charge is -2.09. The van der Waals surface area contributed by atoms with Gasteiger partial charge in [0.15, 0.2) is 0 Å². The zero-order valence-electron chi connectivity index (χ0n) is 14.7. The van der Waals surface area contributed by atoms with E-state index in [1.165, 1.54) is 22.6 Å². The van der Waals surface area contributed by atoms with Crippen molar-refractivity contribution in [2.45, 2.75) is 46.0 Å². The van der Waals surface area contributed by atoms with Gasteiger partial charge >= 0.3 is 5.97 Å². The minimum absolute atomic E-state index is 0.181. The first-order valence-corrected chi connectivity index (χ1v) is 9.62. The Labute approximate surface area is 152 Å². The van der Waals surface area contributed by atoms with Gasteiger partial charge in [0.2, 0.25) is 0 Å². The van der Waals surface area contributed by atoms with Crippen LogP contribution in [0, 0.1) is 6.92 Å². The number of benzene rings is 1. The van der Waals surface area contributed by atoms with Crippen LogP contribution in [0.4, 0.5) is 5.00 Å². The lowest BCUT2D eigenvalue weighted by Crippen LogP contribution is -2.16. The molecule has 0 aliphatic heterocycles. The summed E-state index contributed by atoms with van der Waals surface area (Å²) in [7, 11) is 0. The Kier molecular flexibility index (Phi) is 5.53. The van der Waals surface area contributed by atoms with Gasteiger partial charge in [-0.15, -0.1) is 11.3 Å². The lowest BCUT2D eigenvalue weighted by atomic mass is 10.1. The van der Waals surface area contributed by atoms with Gasteiger partial charge in [0.1, 0.15) is 5.00 Å². The normalized spacial score (nSPS) is 13.7. The van der Waals surface area contributed by atoms with E-state index in [4.69, 9.17) is 4.74 Å². The molecule has 0 fully saturated rings. The number of rotatable bonds is 4. The number of hydrogen-bond acceptors (Lipinski definition) is 4. The highest BCUT2D eigenvalue weighted by atomic mass is 32.1. The first-order valence-electron chi connectivity index (χ1n) is 8.80. The van der Waals surface area contributed by atoms with E-state index in [0.29, 0.717) is 22.7 Å². The second kappa shape index (κ2) is 7.83. The third-order valence-corrected chi connectivity index (χ3v) is 5.72. The van der Waals surface area contributed by atoms with Crippen molar-refractivity contribution in [2.24, 2.45) is 0 Å². The van der Waals surface area contributed by atoms with E-state index in [0.717, 1.165) is 36.8 Å². The number of ether oxygens (including phenoxy) is 1. The van der Waals surface area contributed by atoms with Crippen molar-refractivity contribution in [2.75, 3.05) is 11.9 Å². The molecule has 0 bridgehead atoms. The summed E-state index contributed by atoms with van der Waals surface area (Å²) in [4.78, 5) is 26.4. The van der Waals surface area contributed by atoms with Crippen molar-refractivity contribution in [3.8, 4) is 0 Å². The summed E-state index contributed by atoms with van der Waals surface area (Å²) in [5.74, 6) is -0.512. The second-order valence-corrected chi connectivity index (χ2v) is 7.36. The monoisotopic (exact) mass is 357 g/mol. The molecule has 1 heterocycles. The average molecular weight is 357 g/mol. The molecule has 0 unspecified atom stereocenters. The summed E-state index contributed by atoms with van der Waals surface area (Å²) in [5.41, 5.74) is 3.17. The minimum Gasteiger partial charge on any atom is -0.462 e. The number of hydrogen-bond donors (Lipinski definition) is 1. The SMILES string of the molecule is CCOC(=O)c1c(NC(=O)c2ccccc2C)sc2c1CCCCC2. The van der Waals surface area contributed by atoms with Crippen LogP contribution in [0.1, 0.15) is 62.9 Å². The molecular weight excluding hydrogens is 334 g/mol. The first-order chi connectivity index (χ1) is 12.1. The van der Waals surface area contributed by atoms with Crippen LogP contribution >= 0.6 is 11.3 Å². The summed E-state index contributed by atoms with van der Waals surface area (Å²) in [5, 5.41) is 3.59. The molecular formula is C20H23NO3S. The largest absolute Gasteiger partial charge is 0.462 e. The molecule has 0 saturated carbocycles. The fraction of sp³-hybridized carbons (Fsp3) is 0.400. The van der Waals surface area contributed by atoms with Gasteiger partial charge in [-0.05, 0) is 56.7 Å². The van der Waals surface area contributed by atoms with Gasteiger partial charge < -0.3 is 10.1 Å². The number of carbonyl (C=O) groups excluding carboxylic acids is 2. The zero-order valence-corrected chi connectivity index (χ0v) is 15.5. The molecule has 1 aromatic heterocycles. The van der Waals surface area contributed by atoms with Crippen LogP contribution in [-0.2, 0) is 17.6 Å². The quantitative estimate of drug-likeness (QED) is 0.634. The molecule has 2 aromatic rings. The molecule has 1 amide bonds. The molecule has 132 valence electrons. The van der Waals surface area contributed by atoms with Gasteiger partial charge in [0.25, 0.3) is 5.91 Å². The van der Waals surface area contributed by atoms with Gasteiger partial charge in [-0.3, -0.25) is 4.79 Å². The van der Waals surface area contributed by atoms with Crippen molar-refractivity contribution in [3.05, 3.63) is 51.4 Å². The van der Waals surface area contributed by atoms with E-state index in [1.54, 1.807) is 13.0 Å². The van der Waals surface area contributed by atoms with Crippen molar-refractivity contribution in [3.63, 3.8) is 0 Å². The maximum absolute atomic E-state index is 12.7. The Hall–Kier alpha value is -2.14. The molecule has 0 saturated heterocycles. The molecule has 0 atom stereocenters. The van der Waals surface area contributed by atoms with E-state index in [-0.39, 0.29) is 11.9 Å². The van der Waals surface area contributed by atoms with E-state index in [1.807, 2.05) is 25.1 Å². The second-order valence-electron chi connectivity index (χ2n) is 6.26. The van der Waals surface area contributed by atoms with Crippen molar-refractivity contribution in [1.82, 2.24) is 0 Å². The standard InChI is InChI=1S/C20H23NO3S/c1-3-24-20(23)17-15-11-5-4-6-12-16(15)25-19(17)21-18(22)14-10-8-7-9-13(14)2/h7-10H,3-6,11-12H2,1-2H3,(H,21,22). The average Bonchev–Trinajstić information content (AvgIpc) is 2.76. The number of aryl methyl sites for hydroxylation is 2. The molecule has 1 aliphatic rings. The van der Waals surface area contributed by atoms with Crippen LogP contribution in [0.2, 0.25) is 0 Å². The summed E-state index contributed by atoms with van der Waals surface area (Å²) in [6.45, 7) is 4.04. The number of esters is 1.